The van der Waals surface area contributed by atoms with Gasteiger partial charge >= 0.3 is 0 Å². The highest BCUT2D eigenvalue weighted by Gasteiger charge is 1.98. The van der Waals surface area contributed by atoms with Gasteiger partial charge in [-0.1, -0.05) is 32.1 Å². The number of rotatable bonds is 9. The van der Waals surface area contributed by atoms with Crippen LogP contribution in [0.5, 0.6) is 5.75 Å². The Hall–Kier alpha value is -1.28. The van der Waals surface area contributed by atoms with E-state index in [2.05, 4.69) is 43.9 Å². The van der Waals surface area contributed by atoms with Crippen molar-refractivity contribution in [2.24, 2.45) is 5.92 Å². The van der Waals surface area contributed by atoms with Gasteiger partial charge in [-0.25, -0.2) is 0 Å². The molecule has 0 saturated carbocycles. The van der Waals surface area contributed by atoms with Crippen LogP contribution >= 0.6 is 0 Å². The second-order valence-electron chi connectivity index (χ2n) is 4.95. The van der Waals surface area contributed by atoms with Gasteiger partial charge in [0.2, 0.25) is 0 Å². The van der Waals surface area contributed by atoms with Gasteiger partial charge in [-0.2, -0.15) is 0 Å². The lowest BCUT2D eigenvalue weighted by molar-refractivity contribution is 0.312. The Morgan fingerprint density at radius 2 is 2.22 bits per heavy atom. The van der Waals surface area contributed by atoms with Crippen molar-refractivity contribution in [1.82, 2.24) is 5.32 Å². The second kappa shape index (κ2) is 8.76. The second-order valence-corrected chi connectivity index (χ2v) is 4.95. The SMILES string of the molecule is C=CCCCOc1cccc(CNCC(C)C)c1. The van der Waals surface area contributed by atoms with Gasteiger partial charge in [0.15, 0.2) is 0 Å². The zero-order valence-corrected chi connectivity index (χ0v) is 11.6. The molecule has 0 amide bonds. The Labute approximate surface area is 111 Å². The molecular weight excluding hydrogens is 222 g/mol. The zero-order valence-electron chi connectivity index (χ0n) is 11.6. The fourth-order valence-electron chi connectivity index (χ4n) is 1.67. The van der Waals surface area contributed by atoms with Crippen LogP contribution < -0.4 is 10.1 Å². The van der Waals surface area contributed by atoms with E-state index in [1.807, 2.05) is 12.1 Å². The van der Waals surface area contributed by atoms with Crippen molar-refractivity contribution in [3.8, 4) is 5.75 Å². The van der Waals surface area contributed by atoms with Crippen molar-refractivity contribution < 1.29 is 4.74 Å². The molecule has 0 aromatic heterocycles. The van der Waals surface area contributed by atoms with Gasteiger partial charge in [-0.3, -0.25) is 0 Å². The highest BCUT2D eigenvalue weighted by Crippen LogP contribution is 2.13. The monoisotopic (exact) mass is 247 g/mol. The fourth-order valence-corrected chi connectivity index (χ4v) is 1.67. The molecule has 0 heterocycles. The van der Waals surface area contributed by atoms with Gasteiger partial charge in [0, 0.05) is 6.54 Å². The predicted molar refractivity (Wildman–Crippen MR) is 77.9 cm³/mol. The molecule has 0 aliphatic carbocycles. The first-order chi connectivity index (χ1) is 8.72. The van der Waals surface area contributed by atoms with Gasteiger partial charge in [0.1, 0.15) is 5.75 Å². The summed E-state index contributed by atoms with van der Waals surface area (Å²) < 4.78 is 5.70. The Balaban J connectivity index is 2.34. The van der Waals surface area contributed by atoms with Crippen molar-refractivity contribution in [3.05, 3.63) is 42.5 Å². The molecule has 1 rings (SSSR count). The summed E-state index contributed by atoms with van der Waals surface area (Å²) in [6.45, 7) is 10.8. The summed E-state index contributed by atoms with van der Waals surface area (Å²) in [6, 6.07) is 8.31. The third-order valence-corrected chi connectivity index (χ3v) is 2.60. The number of nitrogens with one attached hydrogen (secondary N) is 1. The molecule has 18 heavy (non-hydrogen) atoms. The maximum atomic E-state index is 5.70. The van der Waals surface area contributed by atoms with Crippen LogP contribution in [0.3, 0.4) is 0 Å². The molecule has 0 unspecified atom stereocenters. The fraction of sp³-hybridized carbons (Fsp3) is 0.500. The molecule has 0 aliphatic heterocycles. The van der Waals surface area contributed by atoms with Crippen LogP contribution in [0.2, 0.25) is 0 Å². The summed E-state index contributed by atoms with van der Waals surface area (Å²) in [5, 5.41) is 3.44. The number of unbranched alkanes of at least 4 members (excludes halogenated alkanes) is 1. The minimum atomic E-state index is 0.684. The van der Waals surface area contributed by atoms with Crippen molar-refractivity contribution in [2.75, 3.05) is 13.2 Å². The zero-order chi connectivity index (χ0) is 13.2. The maximum absolute atomic E-state index is 5.70. The average molecular weight is 247 g/mol. The lowest BCUT2D eigenvalue weighted by Crippen LogP contribution is -2.18. The Bertz CT molecular complexity index is 347. The number of hydrogen-bond acceptors (Lipinski definition) is 2. The van der Waals surface area contributed by atoms with E-state index in [-0.39, 0.29) is 0 Å². The minimum Gasteiger partial charge on any atom is -0.494 e. The summed E-state index contributed by atoms with van der Waals surface area (Å²) in [7, 11) is 0. The van der Waals surface area contributed by atoms with Crippen LogP contribution in [-0.4, -0.2) is 13.2 Å². The Kier molecular flexibility index (Phi) is 7.19. The van der Waals surface area contributed by atoms with E-state index >= 15 is 0 Å². The molecule has 0 spiro atoms. The van der Waals surface area contributed by atoms with Crippen molar-refractivity contribution in [1.29, 1.82) is 0 Å². The van der Waals surface area contributed by atoms with Crippen LogP contribution in [0.25, 0.3) is 0 Å². The minimum absolute atomic E-state index is 0.684. The normalized spacial score (nSPS) is 10.6. The molecule has 0 bridgehead atoms. The molecule has 0 saturated heterocycles. The van der Waals surface area contributed by atoms with Gasteiger partial charge in [-0.05, 0) is 43.0 Å². The largest absolute Gasteiger partial charge is 0.494 e. The third kappa shape index (κ3) is 6.45. The lowest BCUT2D eigenvalue weighted by atomic mass is 10.2. The van der Waals surface area contributed by atoms with E-state index in [1.54, 1.807) is 0 Å². The highest BCUT2D eigenvalue weighted by atomic mass is 16.5. The van der Waals surface area contributed by atoms with E-state index in [4.69, 9.17) is 4.74 Å². The maximum Gasteiger partial charge on any atom is 0.119 e. The van der Waals surface area contributed by atoms with Crippen molar-refractivity contribution >= 4 is 0 Å². The average Bonchev–Trinajstić information content (AvgIpc) is 2.35. The predicted octanol–water partition coefficient (Wildman–Crippen LogP) is 3.78. The molecule has 1 aromatic carbocycles. The highest BCUT2D eigenvalue weighted by molar-refractivity contribution is 5.28. The molecule has 2 heteroatoms. The summed E-state index contributed by atoms with van der Waals surface area (Å²) in [6.07, 6.45) is 3.96. The van der Waals surface area contributed by atoms with E-state index in [9.17, 15) is 0 Å². The number of ether oxygens (including phenoxy) is 1. The van der Waals surface area contributed by atoms with Crippen LogP contribution in [0.4, 0.5) is 0 Å². The van der Waals surface area contributed by atoms with E-state index in [0.29, 0.717) is 5.92 Å². The van der Waals surface area contributed by atoms with Gasteiger partial charge in [-0.15, -0.1) is 6.58 Å². The summed E-state index contributed by atoms with van der Waals surface area (Å²) in [5.41, 5.74) is 1.27. The number of allylic oxidation sites excluding steroid dienone is 1. The molecule has 0 aliphatic rings. The Morgan fingerprint density at radius 1 is 1.39 bits per heavy atom. The molecule has 0 atom stereocenters. The van der Waals surface area contributed by atoms with Gasteiger partial charge in [0.05, 0.1) is 6.61 Å². The van der Waals surface area contributed by atoms with Crippen LogP contribution in [0.1, 0.15) is 32.3 Å². The molecule has 0 radical (unpaired) electrons. The summed E-state index contributed by atoms with van der Waals surface area (Å²) >= 11 is 0. The molecule has 0 fully saturated rings. The number of benzene rings is 1. The van der Waals surface area contributed by atoms with Crippen LogP contribution in [0, 0.1) is 5.92 Å². The van der Waals surface area contributed by atoms with Gasteiger partial charge < -0.3 is 10.1 Å². The summed E-state index contributed by atoms with van der Waals surface area (Å²) in [5.74, 6) is 1.64. The molecule has 100 valence electrons. The quantitative estimate of drug-likeness (QED) is 0.529. The summed E-state index contributed by atoms with van der Waals surface area (Å²) in [4.78, 5) is 0. The van der Waals surface area contributed by atoms with E-state index in [0.717, 1.165) is 38.3 Å². The molecular formula is C16H25NO. The lowest BCUT2D eigenvalue weighted by Gasteiger charge is -2.09. The van der Waals surface area contributed by atoms with Gasteiger partial charge in [0.25, 0.3) is 0 Å². The first-order valence-corrected chi connectivity index (χ1v) is 6.75. The first kappa shape index (κ1) is 14.8. The Morgan fingerprint density at radius 3 is 2.94 bits per heavy atom. The molecule has 1 N–H and O–H groups in total. The van der Waals surface area contributed by atoms with Crippen molar-refractivity contribution in [3.63, 3.8) is 0 Å². The smallest absolute Gasteiger partial charge is 0.119 e. The molecule has 1 aromatic rings. The van der Waals surface area contributed by atoms with E-state index in [1.165, 1.54) is 5.56 Å². The topological polar surface area (TPSA) is 21.3 Å². The third-order valence-electron chi connectivity index (χ3n) is 2.60. The first-order valence-electron chi connectivity index (χ1n) is 6.75. The van der Waals surface area contributed by atoms with E-state index < -0.39 is 0 Å². The molecule has 2 nitrogen and oxygen atoms in total. The van der Waals surface area contributed by atoms with Crippen LogP contribution in [0.15, 0.2) is 36.9 Å². The van der Waals surface area contributed by atoms with Crippen molar-refractivity contribution in [2.45, 2.75) is 33.2 Å². The van der Waals surface area contributed by atoms with Crippen LogP contribution in [-0.2, 0) is 6.54 Å². The number of hydrogen-bond donors (Lipinski definition) is 1. The standard InChI is InChI=1S/C16H25NO/c1-4-5-6-10-18-16-9-7-8-15(11-16)13-17-12-14(2)3/h4,7-9,11,14,17H,1,5-6,10,12-13H2,2-3H3.